The molecular formula is C34H52O10. The summed E-state index contributed by atoms with van der Waals surface area (Å²) in [6, 6.07) is 0. The van der Waals surface area contributed by atoms with Crippen molar-refractivity contribution < 1.29 is 48.0 Å². The molecule has 10 nitrogen and oxygen atoms in total. The second-order valence-corrected chi connectivity index (χ2v) is 15.9. The maximum Gasteiger partial charge on any atom is 0.201 e. The Morgan fingerprint density at radius 1 is 0.614 bits per heavy atom. The van der Waals surface area contributed by atoms with Crippen LogP contribution < -0.4 is 0 Å². The monoisotopic (exact) mass is 620 g/mol. The van der Waals surface area contributed by atoms with Gasteiger partial charge >= 0.3 is 0 Å². The zero-order valence-corrected chi connectivity index (χ0v) is 27.3. The summed E-state index contributed by atoms with van der Waals surface area (Å²) in [5.41, 5.74) is -0.368. The fourth-order valence-corrected chi connectivity index (χ4v) is 10.6. The van der Waals surface area contributed by atoms with Gasteiger partial charge in [-0.2, -0.15) is 0 Å². The lowest BCUT2D eigenvalue weighted by atomic mass is 9.58. The smallest absolute Gasteiger partial charge is 0.201 e. The molecule has 2 aliphatic carbocycles. The van der Waals surface area contributed by atoms with Gasteiger partial charge < -0.3 is 28.4 Å². The standard InChI is InChI=1S/C34H52O10/c1-18(16-35-27-21(4)25-10-8-19(2)23-12-14-31(6)39-29(37-27)33(23,25)43-41-31)17-36-28-22(5)26-11-9-20(3)24-13-15-32(7)40-30(38-28)34(24,26)44-42-32/h19-30H,1,8-17H2,2-7H3/t19-,20-,21-,22-,23+,24+,25?,26?,27+,28?,29-,30-,31+,32+,33?,34?/m1/s1. The average Bonchev–Trinajstić information content (AvgIpc) is 3.37. The van der Waals surface area contributed by atoms with E-state index in [4.69, 9.17) is 48.0 Å². The minimum atomic E-state index is -0.805. The molecule has 0 aromatic heterocycles. The highest BCUT2D eigenvalue weighted by atomic mass is 17.3. The Morgan fingerprint density at radius 2 is 1.05 bits per heavy atom. The maximum absolute atomic E-state index is 6.58. The molecule has 8 aliphatic heterocycles. The molecule has 8 saturated heterocycles. The van der Waals surface area contributed by atoms with Crippen LogP contribution in [0.4, 0.5) is 0 Å². The van der Waals surface area contributed by atoms with Crippen molar-refractivity contribution in [2.75, 3.05) is 13.2 Å². The van der Waals surface area contributed by atoms with E-state index in [9.17, 15) is 0 Å². The quantitative estimate of drug-likeness (QED) is 0.260. The molecule has 10 fully saturated rings. The molecule has 10 aliphatic rings. The van der Waals surface area contributed by atoms with Gasteiger partial charge in [-0.15, -0.1) is 0 Å². The van der Waals surface area contributed by atoms with Crippen molar-refractivity contribution >= 4 is 0 Å². The number of ether oxygens (including phenoxy) is 6. The molecule has 5 unspecified atom stereocenters. The van der Waals surface area contributed by atoms with Crippen molar-refractivity contribution in [3.63, 3.8) is 0 Å². The Balaban J connectivity index is 0.917. The second kappa shape index (κ2) is 10.7. The van der Waals surface area contributed by atoms with E-state index in [1.165, 1.54) is 0 Å². The summed E-state index contributed by atoms with van der Waals surface area (Å²) >= 11 is 0. The number of rotatable bonds is 6. The van der Waals surface area contributed by atoms with E-state index in [1.807, 2.05) is 13.8 Å². The van der Waals surface area contributed by atoms with Gasteiger partial charge in [-0.3, -0.25) is 0 Å². The summed E-state index contributed by atoms with van der Waals surface area (Å²) in [5, 5.41) is 0. The van der Waals surface area contributed by atoms with Crippen LogP contribution in [0.2, 0.25) is 0 Å². The first-order valence-electron chi connectivity index (χ1n) is 17.3. The molecule has 2 saturated carbocycles. The molecule has 0 N–H and O–H groups in total. The van der Waals surface area contributed by atoms with Crippen LogP contribution in [0.3, 0.4) is 0 Å². The molecule has 10 rings (SSSR count). The number of hydrogen-bond donors (Lipinski definition) is 0. The Bertz CT molecular complexity index is 1050. The molecule has 0 aromatic rings. The number of hydrogen-bond acceptors (Lipinski definition) is 10. The Labute approximate surface area is 261 Å². The van der Waals surface area contributed by atoms with Crippen LogP contribution in [0, 0.1) is 47.3 Å². The van der Waals surface area contributed by atoms with Crippen LogP contribution in [-0.4, -0.2) is 61.2 Å². The van der Waals surface area contributed by atoms with Gasteiger partial charge in [-0.05, 0) is 81.6 Å². The van der Waals surface area contributed by atoms with Gasteiger partial charge in [-0.1, -0.05) is 34.3 Å². The van der Waals surface area contributed by atoms with E-state index < -0.39 is 47.9 Å². The normalized spacial score (nSPS) is 57.6. The van der Waals surface area contributed by atoms with E-state index >= 15 is 0 Å². The minimum absolute atomic E-state index is 0.107. The van der Waals surface area contributed by atoms with E-state index in [2.05, 4.69) is 34.3 Å². The zero-order valence-electron chi connectivity index (χ0n) is 27.3. The molecule has 0 radical (unpaired) electrons. The highest BCUT2D eigenvalue weighted by Gasteiger charge is 2.71. The maximum atomic E-state index is 6.58. The molecule has 0 amide bonds. The van der Waals surface area contributed by atoms with Crippen LogP contribution in [0.15, 0.2) is 12.2 Å². The van der Waals surface area contributed by atoms with Crippen molar-refractivity contribution in [1.82, 2.24) is 0 Å². The molecule has 0 aromatic carbocycles. The van der Waals surface area contributed by atoms with Crippen molar-refractivity contribution in [2.45, 2.75) is 141 Å². The fraction of sp³-hybridized carbons (Fsp3) is 0.941. The Morgan fingerprint density at radius 3 is 1.48 bits per heavy atom. The third-order valence-corrected chi connectivity index (χ3v) is 13.1. The van der Waals surface area contributed by atoms with Crippen molar-refractivity contribution in [2.24, 2.45) is 47.3 Å². The lowest BCUT2D eigenvalue weighted by molar-refractivity contribution is -0.577. The molecule has 10 heteroatoms. The molecule has 8 heterocycles. The Hall–Kier alpha value is -0.660. The van der Waals surface area contributed by atoms with Crippen molar-refractivity contribution in [3.05, 3.63) is 12.2 Å². The van der Waals surface area contributed by atoms with E-state index in [0.717, 1.165) is 56.9 Å². The third-order valence-electron chi connectivity index (χ3n) is 13.1. The summed E-state index contributed by atoms with van der Waals surface area (Å²) in [7, 11) is 0. The molecule has 4 bridgehead atoms. The first kappa shape index (κ1) is 30.7. The van der Waals surface area contributed by atoms with Crippen LogP contribution in [-0.2, 0) is 48.0 Å². The van der Waals surface area contributed by atoms with Gasteiger partial charge in [0, 0.05) is 36.5 Å². The predicted molar refractivity (Wildman–Crippen MR) is 155 cm³/mol. The molecule has 16 atom stereocenters. The summed E-state index contributed by atoms with van der Waals surface area (Å²) in [6.45, 7) is 17.9. The van der Waals surface area contributed by atoms with E-state index in [1.54, 1.807) is 0 Å². The molecule has 248 valence electrons. The lowest BCUT2D eigenvalue weighted by Crippen LogP contribution is -2.70. The van der Waals surface area contributed by atoms with Crippen LogP contribution in [0.25, 0.3) is 0 Å². The van der Waals surface area contributed by atoms with Crippen LogP contribution >= 0.6 is 0 Å². The van der Waals surface area contributed by atoms with Crippen molar-refractivity contribution in [1.29, 1.82) is 0 Å². The average molecular weight is 621 g/mol. The highest BCUT2D eigenvalue weighted by molar-refractivity contribution is 5.11. The largest absolute Gasteiger partial charge is 0.348 e. The fourth-order valence-electron chi connectivity index (χ4n) is 10.6. The van der Waals surface area contributed by atoms with Gasteiger partial charge in [0.25, 0.3) is 0 Å². The third kappa shape index (κ3) is 4.42. The molecule has 44 heavy (non-hydrogen) atoms. The lowest BCUT2D eigenvalue weighted by Gasteiger charge is -2.60. The zero-order chi connectivity index (χ0) is 30.6. The van der Waals surface area contributed by atoms with Gasteiger partial charge in [0.05, 0.1) is 13.2 Å². The van der Waals surface area contributed by atoms with Crippen LogP contribution in [0.1, 0.15) is 92.9 Å². The van der Waals surface area contributed by atoms with Crippen molar-refractivity contribution in [3.8, 4) is 0 Å². The van der Waals surface area contributed by atoms with Gasteiger partial charge in [0.2, 0.25) is 11.6 Å². The molecule has 2 spiro atoms. The summed E-state index contributed by atoms with van der Waals surface area (Å²) in [5.74, 6) is 0.737. The van der Waals surface area contributed by atoms with Gasteiger partial charge in [0.1, 0.15) is 0 Å². The summed E-state index contributed by atoms with van der Waals surface area (Å²) in [4.78, 5) is 24.4. The first-order chi connectivity index (χ1) is 21.0. The van der Waals surface area contributed by atoms with Gasteiger partial charge in [-0.25, -0.2) is 19.6 Å². The Kier molecular flexibility index (Phi) is 7.44. The highest BCUT2D eigenvalue weighted by Crippen LogP contribution is 2.62. The van der Waals surface area contributed by atoms with Crippen LogP contribution in [0.5, 0.6) is 0 Å². The second-order valence-electron chi connectivity index (χ2n) is 15.9. The number of fused-ring (bicyclic) bond motifs is 4. The van der Waals surface area contributed by atoms with E-state index in [-0.39, 0.29) is 23.7 Å². The SMILES string of the molecule is C=C(COC1O[C@@H]2O[C@]3(C)CC[C@H]4[C@H](C)CCC([C@H]1C)C24OO3)CO[C@H]1O[C@@H]2O[C@]3(C)CC[C@H]4[C@H](C)CCC([C@H]1C)C24OO3. The minimum Gasteiger partial charge on any atom is -0.348 e. The first-order valence-corrected chi connectivity index (χ1v) is 17.3. The summed E-state index contributed by atoms with van der Waals surface area (Å²) in [6.07, 6.45) is 6.04. The van der Waals surface area contributed by atoms with E-state index in [0.29, 0.717) is 36.9 Å². The topological polar surface area (TPSA) is 92.3 Å². The van der Waals surface area contributed by atoms with Gasteiger partial charge in [0.15, 0.2) is 36.4 Å². The predicted octanol–water partition coefficient (Wildman–Crippen LogP) is 5.99. The summed E-state index contributed by atoms with van der Waals surface area (Å²) < 4.78 is 39.0. The molecular weight excluding hydrogens is 568 g/mol.